The minimum atomic E-state index is -0.808. The number of nitrogens with zero attached hydrogens (tertiary/aromatic N) is 2. The Hall–Kier alpha value is -2.87. The van der Waals surface area contributed by atoms with Gasteiger partial charge in [0.2, 0.25) is 0 Å². The number of aromatic nitrogens is 2. The van der Waals surface area contributed by atoms with Crippen LogP contribution in [0.15, 0.2) is 60.7 Å². The van der Waals surface area contributed by atoms with Gasteiger partial charge in [0.05, 0.1) is 5.69 Å². The number of nitrogens with one attached hydrogen (secondary N) is 1. The molecule has 5 rings (SSSR count). The quantitative estimate of drug-likeness (QED) is 0.279. The van der Waals surface area contributed by atoms with Crippen molar-refractivity contribution in [1.29, 1.82) is 0 Å². The number of halogens is 2. The van der Waals surface area contributed by atoms with Crippen LogP contribution in [0.1, 0.15) is 42.5 Å². The molecule has 0 bridgehead atoms. The Morgan fingerprint density at radius 1 is 1.09 bits per heavy atom. The predicted octanol–water partition coefficient (Wildman–Crippen LogP) is 5.95. The largest absolute Gasteiger partial charge is 0.481 e. The van der Waals surface area contributed by atoms with Crippen LogP contribution >= 0.6 is 23.7 Å². The lowest BCUT2D eigenvalue weighted by Crippen LogP contribution is -2.15. The van der Waals surface area contributed by atoms with Crippen molar-refractivity contribution in [1.82, 2.24) is 15.3 Å². The summed E-state index contributed by atoms with van der Waals surface area (Å²) in [6.07, 6.45) is 2.84. The molecule has 2 aromatic heterocycles. The van der Waals surface area contributed by atoms with Crippen LogP contribution in [0.2, 0.25) is 0 Å². The molecule has 5 nitrogen and oxygen atoms in total. The topological polar surface area (TPSA) is 75.1 Å². The van der Waals surface area contributed by atoms with Crippen LogP contribution in [-0.2, 0) is 16.8 Å². The molecule has 2 N–H and O–H groups in total. The highest BCUT2D eigenvalue weighted by atomic mass is 35.5. The molecular formula is C26H25ClFN3O2S. The monoisotopic (exact) mass is 497 g/mol. The van der Waals surface area contributed by atoms with E-state index in [1.54, 1.807) is 6.07 Å². The zero-order valence-corrected chi connectivity index (χ0v) is 20.1. The highest BCUT2D eigenvalue weighted by molar-refractivity contribution is 7.21. The van der Waals surface area contributed by atoms with Crippen molar-refractivity contribution in [2.24, 2.45) is 0 Å². The summed E-state index contributed by atoms with van der Waals surface area (Å²) in [6.45, 7) is 1.06. The van der Waals surface area contributed by atoms with Gasteiger partial charge in [-0.15, -0.1) is 12.4 Å². The van der Waals surface area contributed by atoms with E-state index >= 15 is 0 Å². The molecule has 0 radical (unpaired) electrons. The smallest absolute Gasteiger partial charge is 0.303 e. The second kappa shape index (κ2) is 10.2. The van der Waals surface area contributed by atoms with Crippen molar-refractivity contribution < 1.29 is 14.3 Å². The Morgan fingerprint density at radius 2 is 1.88 bits per heavy atom. The molecule has 8 heteroatoms. The molecule has 176 valence electrons. The zero-order chi connectivity index (χ0) is 22.8. The van der Waals surface area contributed by atoms with Crippen molar-refractivity contribution in [3.05, 3.63) is 83.3 Å². The lowest BCUT2D eigenvalue weighted by atomic mass is 9.92. The molecule has 0 saturated heterocycles. The molecule has 1 aliphatic carbocycles. The second-order valence-corrected chi connectivity index (χ2v) is 9.45. The van der Waals surface area contributed by atoms with Gasteiger partial charge in [0, 0.05) is 23.9 Å². The maximum absolute atomic E-state index is 14.9. The number of pyridine rings is 1. The summed E-state index contributed by atoms with van der Waals surface area (Å²) in [5, 5.41) is 12.5. The summed E-state index contributed by atoms with van der Waals surface area (Å²) in [7, 11) is 0. The summed E-state index contributed by atoms with van der Waals surface area (Å²) >= 11 is 1.42. The van der Waals surface area contributed by atoms with E-state index in [1.165, 1.54) is 23.0 Å². The van der Waals surface area contributed by atoms with Crippen LogP contribution in [0.25, 0.3) is 20.9 Å². The van der Waals surface area contributed by atoms with E-state index in [0.29, 0.717) is 30.1 Å². The molecule has 0 spiro atoms. The Morgan fingerprint density at radius 3 is 2.59 bits per heavy atom. The number of fused-ring (bicyclic) bond motifs is 1. The fourth-order valence-electron chi connectivity index (χ4n) is 4.21. The average molecular weight is 498 g/mol. The van der Waals surface area contributed by atoms with Crippen LogP contribution in [0.3, 0.4) is 0 Å². The van der Waals surface area contributed by atoms with Crippen molar-refractivity contribution in [3.8, 4) is 10.6 Å². The molecule has 0 unspecified atom stereocenters. The number of carboxylic acids is 1. The molecule has 2 aromatic carbocycles. The van der Waals surface area contributed by atoms with Crippen LogP contribution < -0.4 is 5.32 Å². The average Bonchev–Trinajstić information content (AvgIpc) is 3.52. The normalized spacial score (nSPS) is 14.0. The maximum Gasteiger partial charge on any atom is 0.303 e. The molecule has 0 aliphatic heterocycles. The lowest BCUT2D eigenvalue weighted by molar-refractivity contribution is -0.137. The van der Waals surface area contributed by atoms with E-state index in [1.807, 2.05) is 18.2 Å². The van der Waals surface area contributed by atoms with E-state index in [4.69, 9.17) is 10.1 Å². The van der Waals surface area contributed by atoms with Crippen LogP contribution in [0, 0.1) is 5.82 Å². The fraction of sp³-hybridized carbons (Fsp3) is 0.269. The van der Waals surface area contributed by atoms with Gasteiger partial charge < -0.3 is 10.4 Å². The Balaban J connectivity index is 0.00000274. The van der Waals surface area contributed by atoms with Gasteiger partial charge in [-0.05, 0) is 61.2 Å². The molecule has 1 aliphatic rings. The van der Waals surface area contributed by atoms with Crippen molar-refractivity contribution in [3.63, 3.8) is 0 Å². The van der Waals surface area contributed by atoms with E-state index in [2.05, 4.69) is 40.6 Å². The first kappa shape index (κ1) is 24.3. The first-order valence-corrected chi connectivity index (χ1v) is 11.9. The number of hydrogen-bond donors (Lipinski definition) is 2. The van der Waals surface area contributed by atoms with Crippen molar-refractivity contribution in [2.75, 3.05) is 6.54 Å². The third kappa shape index (κ3) is 4.97. The number of hydrogen-bond acceptors (Lipinski definition) is 5. The van der Waals surface area contributed by atoms with Crippen molar-refractivity contribution >= 4 is 40.1 Å². The van der Waals surface area contributed by atoms with E-state index < -0.39 is 5.97 Å². The summed E-state index contributed by atoms with van der Waals surface area (Å²) < 4.78 is 14.9. The van der Waals surface area contributed by atoms with Gasteiger partial charge in [-0.2, -0.15) is 0 Å². The Kier molecular flexibility index (Phi) is 7.26. The first-order chi connectivity index (χ1) is 16.0. The highest BCUT2D eigenvalue weighted by Crippen LogP contribution is 2.53. The second-order valence-electron chi connectivity index (χ2n) is 8.48. The SMILES string of the molecule is Cl.O=C(O)CCCNCc1ccc(-c2nc3ccc(C4(c5ccccc5)CC4)nc3s2)c(F)c1. The van der Waals surface area contributed by atoms with E-state index in [-0.39, 0.29) is 30.1 Å². The number of carboxylic acid groups (broad SMARTS) is 1. The van der Waals surface area contributed by atoms with Gasteiger partial charge in [-0.1, -0.05) is 47.7 Å². The van der Waals surface area contributed by atoms with Gasteiger partial charge in [0.1, 0.15) is 21.2 Å². The third-order valence-corrected chi connectivity index (χ3v) is 7.16. The molecule has 0 amide bonds. The summed E-state index contributed by atoms with van der Waals surface area (Å²) in [5.41, 5.74) is 4.40. The van der Waals surface area contributed by atoms with Crippen LogP contribution in [-0.4, -0.2) is 27.6 Å². The number of aliphatic carboxylic acids is 1. The van der Waals surface area contributed by atoms with Gasteiger partial charge in [-0.3, -0.25) is 4.79 Å². The van der Waals surface area contributed by atoms with Crippen LogP contribution in [0.5, 0.6) is 0 Å². The molecule has 2 heterocycles. The lowest BCUT2D eigenvalue weighted by Gasteiger charge is -2.14. The Bertz CT molecular complexity index is 1310. The maximum atomic E-state index is 14.9. The predicted molar refractivity (Wildman–Crippen MR) is 135 cm³/mol. The number of benzene rings is 2. The molecule has 34 heavy (non-hydrogen) atoms. The number of rotatable bonds is 9. The van der Waals surface area contributed by atoms with Gasteiger partial charge in [0.15, 0.2) is 0 Å². The van der Waals surface area contributed by atoms with Gasteiger partial charge in [0.25, 0.3) is 0 Å². The highest BCUT2D eigenvalue weighted by Gasteiger charge is 2.47. The first-order valence-electron chi connectivity index (χ1n) is 11.1. The third-order valence-electron chi connectivity index (χ3n) is 6.16. The van der Waals surface area contributed by atoms with E-state index in [9.17, 15) is 9.18 Å². The minimum Gasteiger partial charge on any atom is -0.481 e. The van der Waals surface area contributed by atoms with Crippen molar-refractivity contribution in [2.45, 2.75) is 37.6 Å². The minimum absolute atomic E-state index is 0. The van der Waals surface area contributed by atoms with Crippen LogP contribution in [0.4, 0.5) is 4.39 Å². The summed E-state index contributed by atoms with van der Waals surface area (Å²) in [4.78, 5) is 21.0. The number of carbonyl (C=O) groups is 1. The molecular weight excluding hydrogens is 473 g/mol. The summed E-state index contributed by atoms with van der Waals surface area (Å²) in [6, 6.07) is 19.7. The molecule has 0 atom stereocenters. The molecule has 1 fully saturated rings. The zero-order valence-electron chi connectivity index (χ0n) is 18.5. The van der Waals surface area contributed by atoms with E-state index in [0.717, 1.165) is 34.4 Å². The standard InChI is InChI=1S/C26H24FN3O2S.ClH/c27-20-15-17(16-28-14-4-7-23(31)32)8-9-19(20)24-29-21-10-11-22(30-25(21)33-24)26(12-13-26)18-5-2-1-3-6-18;/h1-3,5-6,8-11,15,28H,4,7,12-14,16H2,(H,31,32);1H. The van der Waals surface area contributed by atoms with Gasteiger partial charge in [-0.25, -0.2) is 14.4 Å². The Labute approximate surface area is 207 Å². The fourth-order valence-corrected chi connectivity index (χ4v) is 5.18. The number of thiazole rings is 1. The molecule has 4 aromatic rings. The van der Waals surface area contributed by atoms with Gasteiger partial charge >= 0.3 is 5.97 Å². The summed E-state index contributed by atoms with van der Waals surface area (Å²) in [5.74, 6) is -1.13. The molecule has 1 saturated carbocycles.